The van der Waals surface area contributed by atoms with Crippen molar-refractivity contribution in [1.29, 1.82) is 0 Å². The van der Waals surface area contributed by atoms with Crippen LogP contribution in [-0.4, -0.2) is 17.4 Å². The van der Waals surface area contributed by atoms with Crippen molar-refractivity contribution in [3.63, 3.8) is 0 Å². The molecule has 1 saturated carbocycles. The van der Waals surface area contributed by atoms with Gasteiger partial charge >= 0.3 is 0 Å². The Morgan fingerprint density at radius 1 is 1.47 bits per heavy atom. The van der Waals surface area contributed by atoms with Crippen molar-refractivity contribution in [3.8, 4) is 5.19 Å². The number of aromatic nitrogens is 1. The van der Waals surface area contributed by atoms with Gasteiger partial charge in [0.25, 0.3) is 5.19 Å². The maximum atomic E-state index is 10.6. The fourth-order valence-electron chi connectivity index (χ4n) is 2.05. The second-order valence-electron chi connectivity index (χ2n) is 5.23. The molecule has 1 heterocycles. The lowest BCUT2D eigenvalue weighted by Gasteiger charge is -2.33. The van der Waals surface area contributed by atoms with Crippen LogP contribution in [0.3, 0.4) is 0 Å². The maximum absolute atomic E-state index is 10.6. The van der Waals surface area contributed by atoms with Crippen LogP contribution in [-0.2, 0) is 0 Å². The third kappa shape index (κ3) is 3.19. The van der Waals surface area contributed by atoms with Crippen molar-refractivity contribution in [3.05, 3.63) is 10.0 Å². The van der Waals surface area contributed by atoms with Crippen molar-refractivity contribution in [2.45, 2.75) is 45.6 Å². The lowest BCUT2D eigenvalue weighted by molar-refractivity contribution is 0.0985. The molecule has 0 aromatic carbocycles. The van der Waals surface area contributed by atoms with Gasteiger partial charge in [0.15, 0.2) is 11.4 Å². The molecule has 0 aliphatic heterocycles. The predicted octanol–water partition coefficient (Wildman–Crippen LogP) is 3.96. The SMILES string of the molecule is CC1(C)CCC(Oc2nc(Cl)c(C=O)s2)CC1. The van der Waals surface area contributed by atoms with E-state index in [9.17, 15) is 4.79 Å². The van der Waals surface area contributed by atoms with Gasteiger partial charge in [-0.2, -0.15) is 4.98 Å². The van der Waals surface area contributed by atoms with E-state index in [0.717, 1.165) is 32.0 Å². The molecule has 1 aromatic rings. The third-order valence-corrected chi connectivity index (χ3v) is 4.52. The first-order chi connectivity index (χ1) is 8.00. The quantitative estimate of drug-likeness (QED) is 0.783. The van der Waals surface area contributed by atoms with Crippen molar-refractivity contribution in [1.82, 2.24) is 4.98 Å². The van der Waals surface area contributed by atoms with Crippen LogP contribution in [0.25, 0.3) is 0 Å². The standard InChI is InChI=1S/C12H16ClNO2S/c1-12(2)5-3-8(4-6-12)16-11-14-10(13)9(7-15)17-11/h7-8H,3-6H2,1-2H3. The fourth-order valence-corrected chi connectivity index (χ4v) is 3.02. The summed E-state index contributed by atoms with van der Waals surface area (Å²) in [5.74, 6) is 0. The van der Waals surface area contributed by atoms with Gasteiger partial charge in [0.1, 0.15) is 11.0 Å². The number of hydrogen-bond acceptors (Lipinski definition) is 4. The molecule has 0 radical (unpaired) electrons. The van der Waals surface area contributed by atoms with Crippen molar-refractivity contribution in [2.24, 2.45) is 5.41 Å². The minimum absolute atomic E-state index is 0.213. The molecule has 1 aliphatic rings. The van der Waals surface area contributed by atoms with Gasteiger partial charge in [-0.25, -0.2) is 0 Å². The lowest BCUT2D eigenvalue weighted by atomic mass is 9.76. The van der Waals surface area contributed by atoms with Crippen molar-refractivity contribution >= 4 is 29.2 Å². The van der Waals surface area contributed by atoms with Gasteiger partial charge < -0.3 is 4.74 Å². The molecule has 0 bridgehead atoms. The highest BCUT2D eigenvalue weighted by Gasteiger charge is 2.28. The monoisotopic (exact) mass is 273 g/mol. The summed E-state index contributed by atoms with van der Waals surface area (Å²) >= 11 is 7.02. The number of thiazole rings is 1. The Morgan fingerprint density at radius 3 is 2.65 bits per heavy atom. The molecule has 0 N–H and O–H groups in total. The number of carbonyl (C=O) groups excluding carboxylic acids is 1. The fraction of sp³-hybridized carbons (Fsp3) is 0.667. The highest BCUT2D eigenvalue weighted by molar-refractivity contribution is 7.15. The Hall–Kier alpha value is -0.610. The number of ether oxygens (including phenoxy) is 1. The highest BCUT2D eigenvalue weighted by atomic mass is 35.5. The molecule has 1 aromatic heterocycles. The number of aldehydes is 1. The second-order valence-corrected chi connectivity index (χ2v) is 6.59. The number of rotatable bonds is 3. The van der Waals surface area contributed by atoms with E-state index in [1.54, 1.807) is 0 Å². The van der Waals surface area contributed by atoms with Gasteiger partial charge in [-0.05, 0) is 31.1 Å². The van der Waals surface area contributed by atoms with Gasteiger partial charge in [-0.15, -0.1) is 0 Å². The zero-order valence-corrected chi connectivity index (χ0v) is 11.6. The minimum atomic E-state index is 0.213. The first-order valence-electron chi connectivity index (χ1n) is 5.78. The number of halogens is 1. The molecule has 1 fully saturated rings. The smallest absolute Gasteiger partial charge is 0.275 e. The second kappa shape index (κ2) is 4.94. The van der Waals surface area contributed by atoms with E-state index in [-0.39, 0.29) is 11.3 Å². The summed E-state index contributed by atoms with van der Waals surface area (Å²) in [5, 5.41) is 0.762. The van der Waals surface area contributed by atoms with Crippen LogP contribution < -0.4 is 4.74 Å². The van der Waals surface area contributed by atoms with E-state index in [1.165, 1.54) is 11.3 Å². The first kappa shape index (κ1) is 12.8. The van der Waals surface area contributed by atoms with Crippen LogP contribution >= 0.6 is 22.9 Å². The normalized spacial score (nSPS) is 20.2. The van der Waals surface area contributed by atoms with Gasteiger partial charge in [-0.3, -0.25) is 4.79 Å². The summed E-state index contributed by atoms with van der Waals surface area (Å²) in [6.07, 6.45) is 5.34. The summed E-state index contributed by atoms with van der Waals surface area (Å²) in [4.78, 5) is 15.1. The molecule has 1 aliphatic carbocycles. The van der Waals surface area contributed by atoms with Crippen LogP contribution in [0, 0.1) is 5.41 Å². The van der Waals surface area contributed by atoms with E-state index < -0.39 is 0 Å². The van der Waals surface area contributed by atoms with Crippen LogP contribution in [0.1, 0.15) is 49.2 Å². The van der Waals surface area contributed by atoms with Gasteiger partial charge in [0.05, 0.1) is 0 Å². The maximum Gasteiger partial charge on any atom is 0.275 e. The van der Waals surface area contributed by atoms with Gasteiger partial charge in [-0.1, -0.05) is 36.8 Å². The number of nitrogens with zero attached hydrogens (tertiary/aromatic N) is 1. The molecule has 5 heteroatoms. The summed E-state index contributed by atoms with van der Waals surface area (Å²) in [6.45, 7) is 4.57. The summed E-state index contributed by atoms with van der Waals surface area (Å²) in [6, 6.07) is 0. The van der Waals surface area contributed by atoms with E-state index in [4.69, 9.17) is 16.3 Å². The zero-order chi connectivity index (χ0) is 12.5. The molecule has 0 saturated heterocycles. The van der Waals surface area contributed by atoms with Crippen molar-refractivity contribution < 1.29 is 9.53 Å². The zero-order valence-electron chi connectivity index (χ0n) is 10.0. The van der Waals surface area contributed by atoms with Crippen molar-refractivity contribution in [2.75, 3.05) is 0 Å². The number of hydrogen-bond donors (Lipinski definition) is 0. The Kier molecular flexibility index (Phi) is 3.73. The van der Waals surface area contributed by atoms with Gasteiger partial charge in [0.2, 0.25) is 0 Å². The largest absolute Gasteiger partial charge is 0.467 e. The van der Waals surface area contributed by atoms with Gasteiger partial charge in [0, 0.05) is 0 Å². The minimum Gasteiger partial charge on any atom is -0.467 e. The lowest BCUT2D eigenvalue weighted by Crippen LogP contribution is -2.28. The molecule has 0 atom stereocenters. The highest BCUT2D eigenvalue weighted by Crippen LogP contribution is 2.37. The summed E-state index contributed by atoms with van der Waals surface area (Å²) < 4.78 is 5.78. The molecular weight excluding hydrogens is 258 g/mol. The average Bonchev–Trinajstić information content (AvgIpc) is 2.62. The molecule has 0 unspecified atom stereocenters. The third-order valence-electron chi connectivity index (χ3n) is 3.25. The first-order valence-corrected chi connectivity index (χ1v) is 6.98. The van der Waals surface area contributed by atoms with E-state index >= 15 is 0 Å². The molecule has 17 heavy (non-hydrogen) atoms. The molecule has 94 valence electrons. The van der Waals surface area contributed by atoms with E-state index in [1.807, 2.05) is 0 Å². The van der Waals surface area contributed by atoms with Crippen LogP contribution in [0.4, 0.5) is 0 Å². The molecule has 3 nitrogen and oxygen atoms in total. The van der Waals surface area contributed by atoms with Crippen LogP contribution in [0.15, 0.2) is 0 Å². The average molecular weight is 274 g/mol. The van der Waals surface area contributed by atoms with E-state index in [2.05, 4.69) is 18.8 Å². The topological polar surface area (TPSA) is 39.2 Å². The van der Waals surface area contributed by atoms with Crippen LogP contribution in [0.2, 0.25) is 5.15 Å². The van der Waals surface area contributed by atoms with Crippen LogP contribution in [0.5, 0.6) is 5.19 Å². The molecule has 0 amide bonds. The molecule has 0 spiro atoms. The molecule has 2 rings (SSSR count). The number of carbonyl (C=O) groups is 1. The Balaban J connectivity index is 1.95. The summed E-state index contributed by atoms with van der Waals surface area (Å²) in [5.41, 5.74) is 0.425. The predicted molar refractivity (Wildman–Crippen MR) is 69.2 cm³/mol. The Bertz CT molecular complexity index is 407. The van der Waals surface area contributed by atoms with E-state index in [0.29, 0.717) is 15.5 Å². The summed E-state index contributed by atoms with van der Waals surface area (Å²) in [7, 11) is 0. The Morgan fingerprint density at radius 2 is 2.12 bits per heavy atom. The molecular formula is C12H16ClNO2S. The Labute approximate surface area is 110 Å².